The summed E-state index contributed by atoms with van der Waals surface area (Å²) in [7, 11) is 0. The molecule has 2 heteroatoms. The zero-order valence-electron chi connectivity index (χ0n) is 8.82. The first-order valence-corrected chi connectivity index (χ1v) is 6.06. The summed E-state index contributed by atoms with van der Waals surface area (Å²) in [5, 5.41) is 10.8. The van der Waals surface area contributed by atoms with Gasteiger partial charge in [0.15, 0.2) is 0 Å². The van der Waals surface area contributed by atoms with Crippen LogP contribution in [0.2, 0.25) is 5.02 Å². The van der Waals surface area contributed by atoms with Crippen LogP contribution in [0, 0.1) is 5.92 Å². The highest BCUT2D eigenvalue weighted by Crippen LogP contribution is 2.29. The van der Waals surface area contributed by atoms with Crippen molar-refractivity contribution >= 4 is 11.6 Å². The number of aliphatic hydroxyl groups excluding tert-OH is 1. The predicted octanol–water partition coefficient (Wildman–Crippen LogP) is 3.43. The van der Waals surface area contributed by atoms with Gasteiger partial charge in [0.25, 0.3) is 0 Å². The standard InChI is InChI=1S/C13H17ClO/c14-12-7-3-4-10(8-12)9-13(15)11-5-1-2-6-11/h3-4,7-8,11,13,15H,1-2,5-6,9H2. The van der Waals surface area contributed by atoms with E-state index in [9.17, 15) is 5.11 Å². The minimum Gasteiger partial charge on any atom is -0.392 e. The maximum atomic E-state index is 10.1. The molecule has 0 radical (unpaired) electrons. The number of halogens is 1. The summed E-state index contributed by atoms with van der Waals surface area (Å²) in [4.78, 5) is 0. The molecular formula is C13H17ClO. The third-order valence-electron chi connectivity index (χ3n) is 3.28. The van der Waals surface area contributed by atoms with Gasteiger partial charge >= 0.3 is 0 Å². The van der Waals surface area contributed by atoms with Crippen LogP contribution in [-0.4, -0.2) is 11.2 Å². The Bertz CT molecular complexity index is 318. The van der Waals surface area contributed by atoms with Gasteiger partial charge in [0.05, 0.1) is 6.10 Å². The van der Waals surface area contributed by atoms with E-state index in [2.05, 4.69) is 0 Å². The van der Waals surface area contributed by atoms with Crippen molar-refractivity contribution in [2.24, 2.45) is 5.92 Å². The average Bonchev–Trinajstić information content (AvgIpc) is 2.70. The second-order valence-electron chi connectivity index (χ2n) is 4.45. The van der Waals surface area contributed by atoms with E-state index in [4.69, 9.17) is 11.6 Å². The Morgan fingerprint density at radius 3 is 2.73 bits per heavy atom. The van der Waals surface area contributed by atoms with Crippen LogP contribution in [0.15, 0.2) is 24.3 Å². The van der Waals surface area contributed by atoms with Gasteiger partial charge in [0.1, 0.15) is 0 Å². The largest absolute Gasteiger partial charge is 0.392 e. The molecule has 1 aromatic rings. The molecule has 0 bridgehead atoms. The summed E-state index contributed by atoms with van der Waals surface area (Å²) >= 11 is 5.91. The molecule has 0 aromatic heterocycles. The lowest BCUT2D eigenvalue weighted by atomic mass is 9.95. The van der Waals surface area contributed by atoms with Crippen LogP contribution in [0.25, 0.3) is 0 Å². The van der Waals surface area contributed by atoms with Gasteiger partial charge < -0.3 is 5.11 Å². The Kier molecular flexibility index (Phi) is 3.66. The summed E-state index contributed by atoms with van der Waals surface area (Å²) in [5.74, 6) is 0.504. The zero-order valence-corrected chi connectivity index (χ0v) is 9.58. The third-order valence-corrected chi connectivity index (χ3v) is 3.51. The number of benzene rings is 1. The van der Waals surface area contributed by atoms with Crippen LogP contribution in [0.3, 0.4) is 0 Å². The van der Waals surface area contributed by atoms with Gasteiger partial charge in [0.2, 0.25) is 0 Å². The number of hydrogen-bond donors (Lipinski definition) is 1. The normalized spacial score (nSPS) is 19.3. The Morgan fingerprint density at radius 2 is 2.07 bits per heavy atom. The molecule has 82 valence electrons. The van der Waals surface area contributed by atoms with Crippen LogP contribution in [0.5, 0.6) is 0 Å². The minimum absolute atomic E-state index is 0.189. The average molecular weight is 225 g/mol. The molecule has 0 spiro atoms. The smallest absolute Gasteiger partial charge is 0.0608 e. The van der Waals surface area contributed by atoms with Crippen molar-refractivity contribution in [3.63, 3.8) is 0 Å². The molecular weight excluding hydrogens is 208 g/mol. The highest BCUT2D eigenvalue weighted by atomic mass is 35.5. The first-order chi connectivity index (χ1) is 7.25. The molecule has 1 N–H and O–H groups in total. The second kappa shape index (κ2) is 5.00. The van der Waals surface area contributed by atoms with Crippen molar-refractivity contribution in [3.8, 4) is 0 Å². The molecule has 0 amide bonds. The van der Waals surface area contributed by atoms with Crippen molar-refractivity contribution in [1.29, 1.82) is 0 Å². The Balaban J connectivity index is 1.95. The Morgan fingerprint density at radius 1 is 1.33 bits per heavy atom. The molecule has 0 aliphatic heterocycles. The topological polar surface area (TPSA) is 20.2 Å². The Labute approximate surface area is 96.1 Å². The van der Waals surface area contributed by atoms with Gasteiger partial charge in [-0.1, -0.05) is 36.6 Å². The predicted molar refractivity (Wildman–Crippen MR) is 63.1 cm³/mol. The molecule has 1 aliphatic carbocycles. The fraction of sp³-hybridized carbons (Fsp3) is 0.538. The van der Waals surface area contributed by atoms with Crippen LogP contribution in [0.1, 0.15) is 31.2 Å². The maximum Gasteiger partial charge on any atom is 0.0608 e. The van der Waals surface area contributed by atoms with Crippen LogP contribution < -0.4 is 0 Å². The van der Waals surface area contributed by atoms with E-state index >= 15 is 0 Å². The van der Waals surface area contributed by atoms with Gasteiger partial charge in [-0.25, -0.2) is 0 Å². The van der Waals surface area contributed by atoms with Gasteiger partial charge in [-0.2, -0.15) is 0 Å². The van der Waals surface area contributed by atoms with Gasteiger partial charge in [0, 0.05) is 5.02 Å². The van der Waals surface area contributed by atoms with E-state index in [1.807, 2.05) is 24.3 Å². The highest BCUT2D eigenvalue weighted by Gasteiger charge is 2.23. The number of aliphatic hydroxyl groups is 1. The first-order valence-electron chi connectivity index (χ1n) is 5.68. The molecule has 15 heavy (non-hydrogen) atoms. The van der Waals surface area contributed by atoms with Crippen molar-refractivity contribution < 1.29 is 5.11 Å². The molecule has 1 atom stereocenters. The van der Waals surface area contributed by atoms with E-state index in [1.54, 1.807) is 0 Å². The van der Waals surface area contributed by atoms with Gasteiger partial charge in [-0.3, -0.25) is 0 Å². The van der Waals surface area contributed by atoms with Crippen molar-refractivity contribution in [2.75, 3.05) is 0 Å². The third kappa shape index (κ3) is 2.96. The fourth-order valence-electron chi connectivity index (χ4n) is 2.41. The lowest BCUT2D eigenvalue weighted by Gasteiger charge is -2.17. The molecule has 1 unspecified atom stereocenters. The quantitative estimate of drug-likeness (QED) is 0.834. The summed E-state index contributed by atoms with van der Waals surface area (Å²) in [5.41, 5.74) is 1.14. The molecule has 1 nitrogen and oxygen atoms in total. The van der Waals surface area contributed by atoms with Gasteiger partial charge in [-0.05, 0) is 42.9 Å². The van der Waals surface area contributed by atoms with Crippen molar-refractivity contribution in [2.45, 2.75) is 38.2 Å². The molecule has 2 rings (SSSR count). The zero-order chi connectivity index (χ0) is 10.7. The molecule has 0 saturated heterocycles. The fourth-order valence-corrected chi connectivity index (χ4v) is 2.63. The van der Waals surface area contributed by atoms with Crippen LogP contribution >= 0.6 is 11.6 Å². The van der Waals surface area contributed by atoms with Crippen molar-refractivity contribution in [1.82, 2.24) is 0 Å². The van der Waals surface area contributed by atoms with Crippen LogP contribution in [0.4, 0.5) is 0 Å². The summed E-state index contributed by atoms with van der Waals surface area (Å²) in [6, 6.07) is 7.79. The lowest BCUT2D eigenvalue weighted by molar-refractivity contribution is 0.111. The Hall–Kier alpha value is -0.530. The van der Waals surface area contributed by atoms with E-state index in [0.717, 1.165) is 17.0 Å². The van der Waals surface area contributed by atoms with E-state index in [-0.39, 0.29) is 6.10 Å². The van der Waals surface area contributed by atoms with E-state index < -0.39 is 0 Å². The SMILES string of the molecule is OC(Cc1cccc(Cl)c1)C1CCCC1. The van der Waals surface area contributed by atoms with Crippen LogP contribution in [-0.2, 0) is 6.42 Å². The van der Waals surface area contributed by atoms with Gasteiger partial charge in [-0.15, -0.1) is 0 Å². The minimum atomic E-state index is -0.189. The molecule has 1 aliphatic rings. The molecule has 1 aromatic carbocycles. The maximum absolute atomic E-state index is 10.1. The molecule has 0 heterocycles. The summed E-state index contributed by atoms with van der Waals surface area (Å²) in [6.45, 7) is 0. The monoisotopic (exact) mass is 224 g/mol. The summed E-state index contributed by atoms with van der Waals surface area (Å²) in [6.07, 6.45) is 5.47. The lowest BCUT2D eigenvalue weighted by Crippen LogP contribution is -2.20. The number of rotatable bonds is 3. The second-order valence-corrected chi connectivity index (χ2v) is 4.88. The van der Waals surface area contributed by atoms with E-state index in [1.165, 1.54) is 25.7 Å². The molecule has 1 fully saturated rings. The van der Waals surface area contributed by atoms with E-state index in [0.29, 0.717) is 5.92 Å². The summed E-state index contributed by atoms with van der Waals surface area (Å²) < 4.78 is 0. The highest BCUT2D eigenvalue weighted by molar-refractivity contribution is 6.30. The first kappa shape index (κ1) is 11.0. The number of hydrogen-bond acceptors (Lipinski definition) is 1. The van der Waals surface area contributed by atoms with Crippen molar-refractivity contribution in [3.05, 3.63) is 34.9 Å². The molecule has 1 saturated carbocycles.